The van der Waals surface area contributed by atoms with Crippen molar-refractivity contribution in [1.29, 1.82) is 0 Å². The highest BCUT2D eigenvalue weighted by Gasteiger charge is 2.46. The average molecular weight is 321 g/mol. The normalized spacial score (nSPS) is 22.3. The van der Waals surface area contributed by atoms with Crippen molar-refractivity contribution in [3.05, 3.63) is 24.0 Å². The summed E-state index contributed by atoms with van der Waals surface area (Å²) >= 11 is 6.15. The first kappa shape index (κ1) is 15.7. The Bertz CT molecular complexity index is 574. The lowest BCUT2D eigenvalue weighted by molar-refractivity contribution is -0.606. The fraction of sp³-hybridized carbons (Fsp3) is 0.500. The number of azo groups is 1. The van der Waals surface area contributed by atoms with Crippen LogP contribution >= 0.6 is 11.6 Å². The number of nitrogens with zero attached hydrogens (tertiary/aromatic N) is 5. The summed E-state index contributed by atoms with van der Waals surface area (Å²) in [4.78, 5) is 6.95. The molecule has 2 heterocycles. The van der Waals surface area contributed by atoms with Gasteiger partial charge in [0.1, 0.15) is 5.84 Å². The fourth-order valence-corrected chi connectivity index (χ4v) is 2.19. The molecular weight excluding hydrogens is 307 g/mol. The third-order valence-electron chi connectivity index (χ3n) is 2.78. The van der Waals surface area contributed by atoms with Gasteiger partial charge in [0.05, 0.1) is 15.6 Å². The molecule has 0 amide bonds. The number of aliphatic imine (C=N–C) groups is 1. The van der Waals surface area contributed by atoms with Crippen LogP contribution in [0.1, 0.15) is 13.3 Å². The number of hydrazone groups is 1. The molecule has 0 aromatic carbocycles. The minimum atomic E-state index is -4.49. The van der Waals surface area contributed by atoms with Crippen LogP contribution in [0.4, 0.5) is 13.2 Å². The van der Waals surface area contributed by atoms with Gasteiger partial charge in [-0.15, -0.1) is 11.6 Å². The largest absolute Gasteiger partial charge is 0.464 e. The second kappa shape index (κ2) is 5.97. The molecule has 21 heavy (non-hydrogen) atoms. The summed E-state index contributed by atoms with van der Waals surface area (Å²) in [5.74, 6) is -0.412. The maximum atomic E-state index is 12.2. The quantitative estimate of drug-likeness (QED) is 0.582. The first-order valence-electron chi connectivity index (χ1n) is 6.19. The Morgan fingerprint density at radius 3 is 2.81 bits per heavy atom. The highest BCUT2D eigenvalue weighted by Crippen LogP contribution is 2.22. The van der Waals surface area contributed by atoms with Crippen LogP contribution in [0.3, 0.4) is 0 Å². The number of alkyl halides is 4. The van der Waals surface area contributed by atoms with Crippen LogP contribution in [-0.4, -0.2) is 46.5 Å². The summed E-state index contributed by atoms with van der Waals surface area (Å²) in [6.45, 7) is 1.95. The van der Waals surface area contributed by atoms with Crippen LogP contribution in [-0.2, 0) is 0 Å². The van der Waals surface area contributed by atoms with Crippen molar-refractivity contribution in [3.63, 3.8) is 0 Å². The summed E-state index contributed by atoms with van der Waals surface area (Å²) in [5, 5.41) is 6.38. The lowest BCUT2D eigenvalue weighted by Crippen LogP contribution is -2.33. The van der Waals surface area contributed by atoms with E-state index in [2.05, 4.69) is 15.2 Å². The Kier molecular flexibility index (Phi) is 4.46. The lowest BCUT2D eigenvalue weighted by atomic mass is 10.2. The minimum absolute atomic E-state index is 0.181. The van der Waals surface area contributed by atoms with E-state index in [4.69, 9.17) is 11.6 Å². The van der Waals surface area contributed by atoms with E-state index in [1.165, 1.54) is 0 Å². The third-order valence-corrected chi connectivity index (χ3v) is 3.15. The zero-order valence-corrected chi connectivity index (χ0v) is 12.2. The van der Waals surface area contributed by atoms with Crippen molar-refractivity contribution < 1.29 is 18.0 Å². The maximum absolute atomic E-state index is 12.2. The molecule has 0 radical (unpaired) electrons. The van der Waals surface area contributed by atoms with Crippen molar-refractivity contribution in [2.75, 3.05) is 13.6 Å². The van der Waals surface area contributed by atoms with Gasteiger partial charge in [0.25, 0.3) is 0 Å². The molecule has 0 spiro atoms. The molecular formula is C12H14ClF3N5+. The summed E-state index contributed by atoms with van der Waals surface area (Å²) in [5.41, 5.74) is 0.785. The van der Waals surface area contributed by atoms with E-state index < -0.39 is 12.0 Å². The van der Waals surface area contributed by atoms with Crippen molar-refractivity contribution in [2.45, 2.75) is 24.9 Å². The van der Waals surface area contributed by atoms with E-state index in [9.17, 15) is 13.2 Å². The molecule has 0 bridgehead atoms. The molecule has 5 nitrogen and oxygen atoms in total. The average Bonchev–Trinajstić information content (AvgIpc) is 2.32. The van der Waals surface area contributed by atoms with Gasteiger partial charge in [0.2, 0.25) is 6.54 Å². The van der Waals surface area contributed by atoms with E-state index in [-0.39, 0.29) is 11.9 Å². The highest BCUT2D eigenvalue weighted by molar-refractivity contribution is 6.32. The van der Waals surface area contributed by atoms with Gasteiger partial charge < -0.3 is 4.90 Å². The number of hydrogen-bond acceptors (Lipinski definition) is 4. The van der Waals surface area contributed by atoms with Crippen molar-refractivity contribution in [1.82, 2.24) is 4.90 Å². The predicted molar refractivity (Wildman–Crippen MR) is 73.4 cm³/mol. The van der Waals surface area contributed by atoms with E-state index >= 15 is 0 Å². The number of amidine groups is 2. The Morgan fingerprint density at radius 1 is 1.57 bits per heavy atom. The van der Waals surface area contributed by atoms with E-state index in [1.807, 2.05) is 6.08 Å². The summed E-state index contributed by atoms with van der Waals surface area (Å²) in [7, 11) is 1.79. The Morgan fingerprint density at radius 2 is 2.24 bits per heavy atom. The third kappa shape index (κ3) is 3.90. The number of rotatable bonds is 3. The number of hydrogen-bond donors (Lipinski definition) is 0. The second-order valence-corrected chi connectivity index (χ2v) is 5.24. The van der Waals surface area contributed by atoms with Gasteiger partial charge >= 0.3 is 12.0 Å². The second-order valence-electron chi connectivity index (χ2n) is 4.71. The number of halogens is 4. The predicted octanol–water partition coefficient (Wildman–Crippen LogP) is 3.10. The van der Waals surface area contributed by atoms with Crippen molar-refractivity contribution in [3.8, 4) is 0 Å². The van der Waals surface area contributed by atoms with E-state index in [0.717, 1.165) is 10.4 Å². The molecule has 0 aromatic heterocycles. The standard InChI is InChI=1S/C12H14ClF3N5/c1-8(7-21-18-11(19-21)12(14,15)16)6-20(2)10-9(13)4-3-5-17-10/h3,5-6,9H,4,7H2,1-2H3/q+1/b8-6+. The van der Waals surface area contributed by atoms with Gasteiger partial charge in [0, 0.05) is 29.8 Å². The van der Waals surface area contributed by atoms with Crippen LogP contribution < -0.4 is 0 Å². The molecule has 2 rings (SSSR count). The van der Waals surface area contributed by atoms with Gasteiger partial charge in [-0.1, -0.05) is 6.08 Å². The van der Waals surface area contributed by atoms with Crippen LogP contribution in [0.2, 0.25) is 0 Å². The molecule has 2 aliphatic heterocycles. The highest BCUT2D eigenvalue weighted by atomic mass is 35.5. The molecule has 2 aliphatic rings. The monoisotopic (exact) mass is 320 g/mol. The van der Waals surface area contributed by atoms with Gasteiger partial charge in [-0.05, 0) is 13.3 Å². The Balaban J connectivity index is 1.94. The fourth-order valence-electron chi connectivity index (χ4n) is 1.88. The molecule has 0 saturated carbocycles. The zero-order chi connectivity index (χ0) is 15.6. The Hall–Kier alpha value is -1.70. The summed E-state index contributed by atoms with van der Waals surface area (Å²) in [6, 6.07) is 0. The summed E-state index contributed by atoms with van der Waals surface area (Å²) in [6.07, 6.45) is 1.51. The molecule has 1 unspecified atom stereocenters. The molecule has 0 N–H and O–H groups in total. The van der Waals surface area contributed by atoms with Crippen LogP contribution in [0.15, 0.2) is 39.3 Å². The first-order valence-corrected chi connectivity index (χ1v) is 6.63. The molecule has 9 heteroatoms. The SMILES string of the molecule is C/C(=C\N(C)C1=NC=CCC1Cl)C[N+]1=NC(C(F)(F)F)=N1. The van der Waals surface area contributed by atoms with E-state index in [0.29, 0.717) is 12.3 Å². The molecule has 1 atom stereocenters. The van der Waals surface area contributed by atoms with Gasteiger partial charge in [-0.3, -0.25) is 0 Å². The van der Waals surface area contributed by atoms with Gasteiger partial charge in [0.15, 0.2) is 0 Å². The summed E-state index contributed by atoms with van der Waals surface area (Å²) < 4.78 is 36.6. The minimum Gasteiger partial charge on any atom is -0.338 e. The molecule has 114 valence electrons. The van der Waals surface area contributed by atoms with Crippen LogP contribution in [0, 0.1) is 0 Å². The molecule has 0 saturated heterocycles. The van der Waals surface area contributed by atoms with Crippen LogP contribution in [0.5, 0.6) is 0 Å². The lowest BCUT2D eigenvalue weighted by Gasteiger charge is -2.22. The number of allylic oxidation sites excluding steroid dienone is 1. The van der Waals surface area contributed by atoms with Gasteiger partial charge in [-0.25, -0.2) is 4.99 Å². The van der Waals surface area contributed by atoms with Crippen molar-refractivity contribution >= 4 is 23.3 Å². The zero-order valence-electron chi connectivity index (χ0n) is 11.5. The molecule has 0 aromatic rings. The molecule has 0 aliphatic carbocycles. The van der Waals surface area contributed by atoms with Crippen molar-refractivity contribution in [2.24, 2.45) is 15.2 Å². The first-order chi connectivity index (χ1) is 9.77. The molecule has 0 fully saturated rings. The Labute approximate surface area is 124 Å². The topological polar surface area (TPSA) is 43.3 Å². The van der Waals surface area contributed by atoms with Crippen LogP contribution in [0.25, 0.3) is 0 Å². The van der Waals surface area contributed by atoms with Gasteiger partial charge in [-0.2, -0.15) is 13.2 Å². The smallest absolute Gasteiger partial charge is 0.338 e. The maximum Gasteiger partial charge on any atom is 0.464 e. The van der Waals surface area contributed by atoms with E-state index in [1.54, 1.807) is 31.3 Å².